The van der Waals surface area contributed by atoms with E-state index in [4.69, 9.17) is 5.11 Å². The van der Waals surface area contributed by atoms with Crippen LogP contribution in [0.15, 0.2) is 24.3 Å². The van der Waals surface area contributed by atoms with Crippen molar-refractivity contribution in [2.75, 3.05) is 4.90 Å². The summed E-state index contributed by atoms with van der Waals surface area (Å²) in [4.78, 5) is 13.7. The van der Waals surface area contributed by atoms with E-state index in [-0.39, 0.29) is 0 Å². The molecule has 2 rings (SSSR count). The van der Waals surface area contributed by atoms with Gasteiger partial charge in [-0.15, -0.1) is 0 Å². The van der Waals surface area contributed by atoms with Gasteiger partial charge in [0.2, 0.25) is 0 Å². The van der Waals surface area contributed by atoms with Gasteiger partial charge in [0.25, 0.3) is 0 Å². The molecule has 1 aromatic rings. The summed E-state index contributed by atoms with van der Waals surface area (Å²) in [5.41, 5.74) is 1.58. The zero-order chi connectivity index (χ0) is 16.7. The highest BCUT2D eigenvalue weighted by molar-refractivity contribution is 5.88. The van der Waals surface area contributed by atoms with Gasteiger partial charge in [-0.2, -0.15) is 0 Å². The molecule has 1 aliphatic rings. The Balaban J connectivity index is 2.28. The normalized spacial score (nSPS) is 15.8. The Hall–Kier alpha value is -1.51. The summed E-state index contributed by atoms with van der Waals surface area (Å²) in [5.74, 6) is -0.848. The first-order valence-electron chi connectivity index (χ1n) is 9.29. The Morgan fingerprint density at radius 2 is 1.65 bits per heavy atom. The number of hydrogen-bond donors (Lipinski definition) is 1. The molecule has 1 fully saturated rings. The first kappa shape index (κ1) is 17.8. The minimum atomic E-state index is -0.848. The molecule has 0 radical (unpaired) electrons. The predicted octanol–water partition coefficient (Wildman–Crippen LogP) is 5.49. The van der Waals surface area contributed by atoms with Crippen molar-refractivity contribution in [1.29, 1.82) is 0 Å². The maximum Gasteiger partial charge on any atom is 0.335 e. The summed E-state index contributed by atoms with van der Waals surface area (Å²) in [6.45, 7) is 4.52. The van der Waals surface area contributed by atoms with Gasteiger partial charge in [-0.05, 0) is 49.9 Å². The first-order chi connectivity index (χ1) is 11.2. The summed E-state index contributed by atoms with van der Waals surface area (Å²) in [6, 6.07) is 8.71. The molecule has 0 amide bonds. The van der Waals surface area contributed by atoms with Crippen LogP contribution in [0.3, 0.4) is 0 Å². The number of carboxylic acids is 1. The first-order valence-corrected chi connectivity index (χ1v) is 9.29. The molecule has 0 bridgehead atoms. The van der Waals surface area contributed by atoms with Crippen molar-refractivity contribution in [3.63, 3.8) is 0 Å². The molecular weight excluding hydrogens is 286 g/mol. The third-order valence-electron chi connectivity index (χ3n) is 5.02. The quantitative estimate of drug-likeness (QED) is 0.689. The van der Waals surface area contributed by atoms with Crippen LogP contribution < -0.4 is 4.90 Å². The summed E-state index contributed by atoms with van der Waals surface area (Å²) in [6.07, 6.45) is 11.3. The van der Waals surface area contributed by atoms with Crippen molar-refractivity contribution >= 4 is 11.7 Å². The van der Waals surface area contributed by atoms with Crippen molar-refractivity contribution in [2.45, 2.75) is 83.7 Å². The second-order valence-corrected chi connectivity index (χ2v) is 6.78. The summed E-state index contributed by atoms with van der Waals surface area (Å²) < 4.78 is 0. The fourth-order valence-corrected chi connectivity index (χ4v) is 3.94. The highest BCUT2D eigenvalue weighted by Gasteiger charge is 2.27. The largest absolute Gasteiger partial charge is 0.478 e. The van der Waals surface area contributed by atoms with Crippen LogP contribution >= 0.6 is 0 Å². The van der Waals surface area contributed by atoms with E-state index in [1.807, 2.05) is 12.1 Å². The molecule has 1 N–H and O–H groups in total. The zero-order valence-corrected chi connectivity index (χ0v) is 14.6. The summed E-state index contributed by atoms with van der Waals surface area (Å²) >= 11 is 0. The van der Waals surface area contributed by atoms with E-state index in [1.165, 1.54) is 63.5 Å². The topological polar surface area (TPSA) is 40.5 Å². The molecule has 3 nitrogen and oxygen atoms in total. The van der Waals surface area contributed by atoms with E-state index >= 15 is 0 Å². The number of carbonyl (C=O) groups is 1. The molecule has 0 unspecified atom stereocenters. The Morgan fingerprint density at radius 3 is 2.13 bits per heavy atom. The molecule has 23 heavy (non-hydrogen) atoms. The molecule has 1 aliphatic carbocycles. The van der Waals surface area contributed by atoms with E-state index in [1.54, 1.807) is 12.1 Å². The van der Waals surface area contributed by atoms with E-state index < -0.39 is 5.97 Å². The van der Waals surface area contributed by atoms with Crippen molar-refractivity contribution in [3.8, 4) is 0 Å². The lowest BCUT2D eigenvalue weighted by Crippen LogP contribution is -2.44. The average molecular weight is 317 g/mol. The lowest BCUT2D eigenvalue weighted by Gasteiger charge is -2.42. The lowest BCUT2D eigenvalue weighted by molar-refractivity contribution is 0.0697. The van der Waals surface area contributed by atoms with Crippen LogP contribution in [0.4, 0.5) is 5.69 Å². The number of hydrogen-bond acceptors (Lipinski definition) is 2. The van der Waals surface area contributed by atoms with Gasteiger partial charge in [-0.3, -0.25) is 0 Å². The molecule has 0 aliphatic heterocycles. The zero-order valence-electron chi connectivity index (χ0n) is 14.6. The number of rotatable bonds is 8. The van der Waals surface area contributed by atoms with Gasteiger partial charge in [-0.1, -0.05) is 46.0 Å². The van der Waals surface area contributed by atoms with E-state index in [9.17, 15) is 4.79 Å². The molecule has 0 spiro atoms. The highest BCUT2D eigenvalue weighted by atomic mass is 16.4. The van der Waals surface area contributed by atoms with Gasteiger partial charge in [0.15, 0.2) is 0 Å². The Bertz CT molecular complexity index is 471. The van der Waals surface area contributed by atoms with Crippen LogP contribution in [0.1, 0.15) is 82.0 Å². The van der Waals surface area contributed by atoms with Gasteiger partial charge >= 0.3 is 5.97 Å². The van der Waals surface area contributed by atoms with E-state index in [2.05, 4.69) is 18.7 Å². The number of nitrogens with zero attached hydrogens (tertiary/aromatic N) is 1. The minimum absolute atomic E-state index is 0.375. The molecule has 0 aromatic heterocycles. The molecule has 0 saturated heterocycles. The smallest absolute Gasteiger partial charge is 0.335 e. The predicted molar refractivity (Wildman–Crippen MR) is 96.4 cm³/mol. The van der Waals surface area contributed by atoms with Crippen molar-refractivity contribution in [3.05, 3.63) is 29.8 Å². The highest BCUT2D eigenvalue weighted by Crippen LogP contribution is 2.32. The fourth-order valence-electron chi connectivity index (χ4n) is 3.94. The van der Waals surface area contributed by atoms with Gasteiger partial charge in [0.1, 0.15) is 0 Å². The standard InChI is InChI=1S/C20H31NO2/c1-3-8-17(9-4-2)21(18-10-6-5-7-11-18)19-14-12-16(13-15-19)20(22)23/h12-15,17-18H,3-11H2,1-2H3,(H,22,23). The monoisotopic (exact) mass is 317 g/mol. The maximum absolute atomic E-state index is 11.1. The second-order valence-electron chi connectivity index (χ2n) is 6.78. The fraction of sp³-hybridized carbons (Fsp3) is 0.650. The average Bonchev–Trinajstić information content (AvgIpc) is 2.57. The molecule has 1 saturated carbocycles. The van der Waals surface area contributed by atoms with Crippen LogP contribution in [-0.4, -0.2) is 23.2 Å². The van der Waals surface area contributed by atoms with Crippen LogP contribution in [-0.2, 0) is 0 Å². The van der Waals surface area contributed by atoms with Crippen molar-refractivity contribution in [1.82, 2.24) is 0 Å². The van der Waals surface area contributed by atoms with Crippen molar-refractivity contribution in [2.24, 2.45) is 0 Å². The Morgan fingerprint density at radius 1 is 1.09 bits per heavy atom. The number of aromatic carboxylic acids is 1. The SMILES string of the molecule is CCCC(CCC)N(c1ccc(C(=O)O)cc1)C1CCCCC1. The minimum Gasteiger partial charge on any atom is -0.478 e. The molecule has 0 heterocycles. The van der Waals surface area contributed by atoms with Gasteiger partial charge in [0.05, 0.1) is 5.56 Å². The van der Waals surface area contributed by atoms with Crippen LogP contribution in [0, 0.1) is 0 Å². The van der Waals surface area contributed by atoms with Crippen molar-refractivity contribution < 1.29 is 9.90 Å². The Kier molecular flexibility index (Phi) is 6.94. The molecular formula is C20H31NO2. The third kappa shape index (κ3) is 4.73. The molecule has 0 atom stereocenters. The van der Waals surface area contributed by atoms with Crippen LogP contribution in [0.25, 0.3) is 0 Å². The number of benzene rings is 1. The third-order valence-corrected chi connectivity index (χ3v) is 5.02. The van der Waals surface area contributed by atoms with Gasteiger partial charge in [0, 0.05) is 17.8 Å². The Labute approximate surface area is 140 Å². The van der Waals surface area contributed by atoms with E-state index in [0.29, 0.717) is 17.6 Å². The summed E-state index contributed by atoms with van der Waals surface area (Å²) in [7, 11) is 0. The number of carboxylic acid groups (broad SMARTS) is 1. The van der Waals surface area contributed by atoms with Crippen LogP contribution in [0.5, 0.6) is 0 Å². The molecule has 128 valence electrons. The second kappa shape index (κ2) is 8.95. The lowest BCUT2D eigenvalue weighted by atomic mass is 9.91. The van der Waals surface area contributed by atoms with Gasteiger partial charge in [-0.25, -0.2) is 4.79 Å². The molecule has 1 aromatic carbocycles. The maximum atomic E-state index is 11.1. The summed E-state index contributed by atoms with van der Waals surface area (Å²) in [5, 5.41) is 9.13. The van der Waals surface area contributed by atoms with Crippen LogP contribution in [0.2, 0.25) is 0 Å². The van der Waals surface area contributed by atoms with E-state index in [0.717, 1.165) is 0 Å². The number of anilines is 1. The van der Waals surface area contributed by atoms with Gasteiger partial charge < -0.3 is 10.0 Å². The molecule has 3 heteroatoms.